The fraction of sp³-hybridized carbons (Fsp3) is 0.323. The number of hydrogen-bond acceptors (Lipinski definition) is 6. The Labute approximate surface area is 250 Å². The van der Waals surface area contributed by atoms with Crippen molar-refractivity contribution >= 4 is 64.5 Å². The highest BCUT2D eigenvalue weighted by Gasteiger charge is 2.26. The van der Waals surface area contributed by atoms with Crippen LogP contribution in [0.25, 0.3) is 23.1 Å². The van der Waals surface area contributed by atoms with Gasteiger partial charge in [0.2, 0.25) is 0 Å². The number of H-pyrrole nitrogens is 1. The molecule has 1 aliphatic rings. The number of carbonyl (C=O) groups is 2. The summed E-state index contributed by atoms with van der Waals surface area (Å²) in [4.78, 5) is 30.4. The molecule has 41 heavy (non-hydrogen) atoms. The molecule has 0 unspecified atom stereocenters. The number of ether oxygens (including phenoxy) is 1. The topological polar surface area (TPSA) is 90.6 Å². The minimum absolute atomic E-state index is 0. The summed E-state index contributed by atoms with van der Waals surface area (Å²) < 4.78 is 5.53. The molecule has 10 heteroatoms. The largest absolute Gasteiger partial charge is 0.444 e. The van der Waals surface area contributed by atoms with E-state index < -0.39 is 5.60 Å². The van der Waals surface area contributed by atoms with E-state index in [1.165, 1.54) is 11.3 Å². The number of anilines is 1. The van der Waals surface area contributed by atoms with Gasteiger partial charge >= 0.3 is 6.09 Å². The van der Waals surface area contributed by atoms with Crippen LogP contribution < -0.4 is 5.32 Å². The van der Waals surface area contributed by atoms with E-state index in [9.17, 15) is 9.59 Å². The highest BCUT2D eigenvalue weighted by Crippen LogP contribution is 2.26. The Hall–Kier alpha value is -3.66. The molecule has 1 aliphatic heterocycles. The number of hydrogen-bond donors (Lipinski definition) is 2. The average Bonchev–Trinajstić information content (AvgIpc) is 3.54. The molecule has 0 saturated carbocycles. The number of aromatic amines is 1. The Kier molecular flexibility index (Phi) is 9.53. The van der Waals surface area contributed by atoms with Gasteiger partial charge < -0.3 is 15.0 Å². The molecule has 1 saturated heterocycles. The van der Waals surface area contributed by atoms with Gasteiger partial charge in [0.25, 0.3) is 5.91 Å². The Morgan fingerprint density at radius 3 is 2.54 bits per heavy atom. The molecule has 5 rings (SSSR count). The number of fused-ring (bicyclic) bond motifs is 1. The second-order valence-corrected chi connectivity index (χ2v) is 12.0. The van der Waals surface area contributed by atoms with Gasteiger partial charge in [-0.3, -0.25) is 14.8 Å². The zero-order valence-electron chi connectivity index (χ0n) is 23.8. The molecule has 1 fully saturated rings. The van der Waals surface area contributed by atoms with Gasteiger partial charge in [0.1, 0.15) is 5.60 Å². The molecule has 0 aliphatic carbocycles. The Balaban J connectivity index is 0.00000387. The normalized spacial score (nSPS) is 14.3. The second-order valence-electron chi connectivity index (χ2n) is 11.0. The van der Waals surface area contributed by atoms with E-state index in [2.05, 4.69) is 26.5 Å². The molecule has 0 bridgehead atoms. The molecule has 216 valence electrons. The third-order valence-corrected chi connectivity index (χ3v) is 7.80. The van der Waals surface area contributed by atoms with Crippen molar-refractivity contribution in [1.29, 1.82) is 0 Å². The number of amides is 2. The lowest BCUT2D eigenvalue weighted by Crippen LogP contribution is -2.49. The summed E-state index contributed by atoms with van der Waals surface area (Å²) in [5.74, 6) is -0.115. The lowest BCUT2D eigenvalue weighted by Gasteiger charge is -2.35. The lowest BCUT2D eigenvalue weighted by atomic mass is 10.1. The number of aryl methyl sites for hydroxylation is 1. The van der Waals surface area contributed by atoms with Gasteiger partial charge in [-0.15, -0.1) is 23.7 Å². The number of thiophene rings is 1. The number of benzene rings is 2. The predicted octanol–water partition coefficient (Wildman–Crippen LogP) is 6.83. The molecule has 8 nitrogen and oxygen atoms in total. The first-order valence-corrected chi connectivity index (χ1v) is 14.3. The zero-order chi connectivity index (χ0) is 28.3. The average molecular weight is 594 g/mol. The second kappa shape index (κ2) is 12.9. The molecule has 0 radical (unpaired) electrons. The standard InChI is InChI=1S/C31H35N5O3S.ClH/c1-21-13-18-40-28(21)29(37)32-27-19-22(20-35-14-16-36(17-15-35)30(38)39-31(2,3)4)9-10-23(27)11-12-26-24-7-5-6-8-25(24)33-34-26;/h5-13,18-19H,14-17,20H2,1-4H3,(H,32,37)(H,33,34);1H/b12-11+;. The zero-order valence-corrected chi connectivity index (χ0v) is 25.4. The minimum Gasteiger partial charge on any atom is -0.444 e. The highest BCUT2D eigenvalue weighted by atomic mass is 35.5. The molecule has 2 amide bonds. The molecule has 4 aromatic rings. The van der Waals surface area contributed by atoms with E-state index in [4.69, 9.17) is 4.74 Å². The van der Waals surface area contributed by atoms with Crippen molar-refractivity contribution in [2.24, 2.45) is 0 Å². The number of piperazine rings is 1. The van der Waals surface area contributed by atoms with Crippen LogP contribution in [0.1, 0.15) is 52.8 Å². The van der Waals surface area contributed by atoms with Crippen LogP contribution in [0.4, 0.5) is 10.5 Å². The van der Waals surface area contributed by atoms with Crippen LogP contribution in [0.15, 0.2) is 53.9 Å². The van der Waals surface area contributed by atoms with Crippen molar-refractivity contribution < 1.29 is 14.3 Å². The van der Waals surface area contributed by atoms with Crippen LogP contribution in [0.3, 0.4) is 0 Å². The summed E-state index contributed by atoms with van der Waals surface area (Å²) in [7, 11) is 0. The van der Waals surface area contributed by atoms with Crippen LogP contribution in [-0.4, -0.2) is 63.8 Å². The van der Waals surface area contributed by atoms with E-state index in [-0.39, 0.29) is 24.4 Å². The molecule has 0 spiro atoms. The molecule has 2 aromatic carbocycles. The number of nitrogens with zero attached hydrogens (tertiary/aromatic N) is 3. The number of aromatic nitrogens is 2. The van der Waals surface area contributed by atoms with Gasteiger partial charge in [0.05, 0.1) is 16.1 Å². The first-order valence-electron chi connectivity index (χ1n) is 13.5. The predicted molar refractivity (Wildman–Crippen MR) is 169 cm³/mol. The van der Waals surface area contributed by atoms with Gasteiger partial charge in [0, 0.05) is 43.8 Å². The van der Waals surface area contributed by atoms with Crippen molar-refractivity contribution in [3.63, 3.8) is 0 Å². The number of rotatable bonds is 6. The smallest absolute Gasteiger partial charge is 0.410 e. The van der Waals surface area contributed by atoms with Crippen molar-refractivity contribution in [3.8, 4) is 0 Å². The fourth-order valence-corrected chi connectivity index (χ4v) is 5.51. The SMILES string of the molecule is Cc1ccsc1C(=O)Nc1cc(CN2CCN(C(=O)OC(C)(C)C)CC2)ccc1/C=C/c1n[nH]c2ccccc12.Cl. The van der Waals surface area contributed by atoms with Gasteiger partial charge in [-0.1, -0.05) is 36.4 Å². The first-order chi connectivity index (χ1) is 19.2. The van der Waals surface area contributed by atoms with Gasteiger partial charge in [-0.05, 0) is 74.0 Å². The quantitative estimate of drug-likeness (QED) is 0.256. The maximum absolute atomic E-state index is 13.2. The summed E-state index contributed by atoms with van der Waals surface area (Å²) in [6.07, 6.45) is 3.69. The summed E-state index contributed by atoms with van der Waals surface area (Å²) in [5, 5.41) is 13.6. The number of nitrogens with one attached hydrogen (secondary N) is 2. The Morgan fingerprint density at radius 2 is 1.83 bits per heavy atom. The summed E-state index contributed by atoms with van der Waals surface area (Å²) >= 11 is 1.44. The third kappa shape index (κ3) is 7.55. The number of halogens is 1. The fourth-order valence-electron chi connectivity index (χ4n) is 4.69. The highest BCUT2D eigenvalue weighted by molar-refractivity contribution is 7.12. The molecule has 0 atom stereocenters. The Bertz CT molecular complexity index is 1550. The van der Waals surface area contributed by atoms with Crippen LogP contribution in [0.5, 0.6) is 0 Å². The van der Waals surface area contributed by atoms with Crippen molar-refractivity contribution in [2.75, 3.05) is 31.5 Å². The van der Waals surface area contributed by atoms with Crippen LogP contribution in [0.2, 0.25) is 0 Å². The van der Waals surface area contributed by atoms with E-state index >= 15 is 0 Å². The van der Waals surface area contributed by atoms with E-state index in [0.29, 0.717) is 18.0 Å². The number of para-hydroxylation sites is 1. The molecular formula is C31H36ClN5O3S. The van der Waals surface area contributed by atoms with Crippen molar-refractivity contribution in [1.82, 2.24) is 20.0 Å². The number of carbonyl (C=O) groups excluding carboxylic acids is 2. The van der Waals surface area contributed by atoms with Gasteiger partial charge in [-0.2, -0.15) is 5.10 Å². The van der Waals surface area contributed by atoms with Crippen LogP contribution >= 0.6 is 23.7 Å². The van der Waals surface area contributed by atoms with Gasteiger partial charge in [-0.25, -0.2) is 4.79 Å². The minimum atomic E-state index is -0.503. The molecule has 2 N–H and O–H groups in total. The van der Waals surface area contributed by atoms with Crippen LogP contribution in [0, 0.1) is 6.92 Å². The summed E-state index contributed by atoms with van der Waals surface area (Å²) in [5.41, 5.74) is 5.01. The Morgan fingerprint density at radius 1 is 1.07 bits per heavy atom. The van der Waals surface area contributed by atoms with Crippen molar-refractivity contribution in [3.05, 3.63) is 81.2 Å². The maximum atomic E-state index is 13.2. The van der Waals surface area contributed by atoms with Crippen LogP contribution in [-0.2, 0) is 11.3 Å². The maximum Gasteiger partial charge on any atom is 0.410 e. The van der Waals surface area contributed by atoms with E-state index in [1.54, 1.807) is 4.90 Å². The monoisotopic (exact) mass is 593 g/mol. The molecule has 2 aromatic heterocycles. The summed E-state index contributed by atoms with van der Waals surface area (Å²) in [6.45, 7) is 11.1. The van der Waals surface area contributed by atoms with Crippen molar-refractivity contribution in [2.45, 2.75) is 39.8 Å². The third-order valence-electron chi connectivity index (χ3n) is 6.78. The molecular weight excluding hydrogens is 558 g/mol. The first kappa shape index (κ1) is 30.3. The lowest BCUT2D eigenvalue weighted by molar-refractivity contribution is 0.0139. The van der Waals surface area contributed by atoms with Gasteiger partial charge in [0.15, 0.2) is 0 Å². The summed E-state index contributed by atoms with van der Waals surface area (Å²) in [6, 6.07) is 16.1. The molecule has 3 heterocycles. The van der Waals surface area contributed by atoms with E-state index in [1.807, 2.05) is 87.7 Å². The van der Waals surface area contributed by atoms with E-state index in [0.717, 1.165) is 58.6 Å².